The van der Waals surface area contributed by atoms with Gasteiger partial charge in [0.2, 0.25) is 5.78 Å². The zero-order chi connectivity index (χ0) is 21.2. The van der Waals surface area contributed by atoms with Gasteiger partial charge < -0.3 is 0 Å². The molecule has 30 heavy (non-hydrogen) atoms. The first-order valence-electron chi connectivity index (χ1n) is 9.11. The molecule has 3 heterocycles. The first kappa shape index (κ1) is 18.4. The number of hydrogen-bond acceptors (Lipinski definition) is 3. The van der Waals surface area contributed by atoms with Crippen LogP contribution in [-0.4, -0.2) is 23.5 Å². The van der Waals surface area contributed by atoms with E-state index in [1.54, 1.807) is 35.8 Å². The van der Waals surface area contributed by atoms with Gasteiger partial charge in [-0.3, -0.25) is 23.3 Å². The third-order valence-electron chi connectivity index (χ3n) is 5.24. The van der Waals surface area contributed by atoms with Gasteiger partial charge in [-0.2, -0.15) is 4.98 Å². The molecule has 0 aliphatic carbocycles. The Morgan fingerprint density at radius 2 is 1.83 bits per heavy atom. The van der Waals surface area contributed by atoms with Crippen LogP contribution in [0.25, 0.3) is 33.9 Å². The molecule has 3 aromatic heterocycles. The standard InChI is InChI=1S/C21H15ClFN5O2/c1-11-14(22)4-3-5-15(11)28-16(12-6-8-13(23)9-7-12)10-27-17-18(24-20(27)28)26(2)21(30)25-19(17)29/h3-10H,1-2H3,(H,25,29,30). The number of nitrogens with one attached hydrogen (secondary N) is 1. The van der Waals surface area contributed by atoms with Crippen molar-refractivity contribution < 1.29 is 4.39 Å². The number of aromatic amines is 1. The third kappa shape index (κ3) is 2.54. The van der Waals surface area contributed by atoms with Gasteiger partial charge in [0.1, 0.15) is 5.82 Å². The first-order valence-corrected chi connectivity index (χ1v) is 9.49. The SMILES string of the molecule is Cc1c(Cl)cccc1-n1c(-c2ccc(F)cc2)cn2c3c(=O)[nH]c(=O)n(C)c3nc12. The molecule has 9 heteroatoms. The van der Waals surface area contributed by atoms with Crippen molar-refractivity contribution in [2.45, 2.75) is 6.92 Å². The summed E-state index contributed by atoms with van der Waals surface area (Å²) < 4.78 is 18.3. The van der Waals surface area contributed by atoms with E-state index in [0.29, 0.717) is 16.5 Å². The number of nitrogens with zero attached hydrogens (tertiary/aromatic N) is 4. The Balaban J connectivity index is 1.98. The Hall–Kier alpha value is -3.65. The quantitative estimate of drug-likeness (QED) is 0.472. The van der Waals surface area contributed by atoms with Gasteiger partial charge in [0.25, 0.3) is 5.56 Å². The Morgan fingerprint density at radius 1 is 1.10 bits per heavy atom. The van der Waals surface area contributed by atoms with Crippen LogP contribution in [-0.2, 0) is 7.05 Å². The second kappa shape index (κ2) is 6.43. The first-order chi connectivity index (χ1) is 14.4. The molecular weight excluding hydrogens is 409 g/mol. The molecule has 150 valence electrons. The highest BCUT2D eigenvalue weighted by atomic mass is 35.5. The highest BCUT2D eigenvalue weighted by molar-refractivity contribution is 6.31. The Bertz CT molecular complexity index is 1570. The van der Waals surface area contributed by atoms with Gasteiger partial charge in [0, 0.05) is 23.8 Å². The van der Waals surface area contributed by atoms with Crippen LogP contribution in [0.5, 0.6) is 0 Å². The molecular formula is C21H15ClFN5O2. The number of benzene rings is 2. The maximum atomic E-state index is 13.5. The minimum absolute atomic E-state index is 0.244. The van der Waals surface area contributed by atoms with E-state index in [-0.39, 0.29) is 17.0 Å². The number of fused-ring (bicyclic) bond motifs is 3. The molecule has 0 amide bonds. The van der Waals surface area contributed by atoms with E-state index in [2.05, 4.69) is 9.97 Å². The van der Waals surface area contributed by atoms with E-state index in [0.717, 1.165) is 16.8 Å². The van der Waals surface area contributed by atoms with Crippen molar-refractivity contribution in [2.75, 3.05) is 0 Å². The van der Waals surface area contributed by atoms with Crippen molar-refractivity contribution in [3.63, 3.8) is 0 Å². The maximum absolute atomic E-state index is 13.5. The summed E-state index contributed by atoms with van der Waals surface area (Å²) in [4.78, 5) is 31.5. The van der Waals surface area contributed by atoms with Crippen LogP contribution < -0.4 is 11.2 Å². The van der Waals surface area contributed by atoms with Crippen molar-refractivity contribution in [2.24, 2.45) is 7.05 Å². The summed E-state index contributed by atoms with van der Waals surface area (Å²) >= 11 is 6.36. The fourth-order valence-corrected chi connectivity index (χ4v) is 3.83. The predicted octanol–water partition coefficient (Wildman–Crippen LogP) is 3.43. The number of halogens is 2. The van der Waals surface area contributed by atoms with Crippen molar-refractivity contribution in [1.29, 1.82) is 0 Å². The average Bonchev–Trinajstić information content (AvgIpc) is 3.26. The molecule has 0 aliphatic rings. The Morgan fingerprint density at radius 3 is 2.57 bits per heavy atom. The maximum Gasteiger partial charge on any atom is 0.329 e. The van der Waals surface area contributed by atoms with Gasteiger partial charge in [-0.1, -0.05) is 17.7 Å². The Labute approximate surface area is 173 Å². The van der Waals surface area contributed by atoms with E-state index in [9.17, 15) is 14.0 Å². The van der Waals surface area contributed by atoms with Crippen LogP contribution in [0.2, 0.25) is 5.02 Å². The van der Waals surface area contributed by atoms with Crippen LogP contribution in [0.15, 0.2) is 58.3 Å². The topological polar surface area (TPSA) is 77.1 Å². The number of imidazole rings is 2. The number of H-pyrrole nitrogens is 1. The average molecular weight is 424 g/mol. The summed E-state index contributed by atoms with van der Waals surface area (Å²) in [6.07, 6.45) is 1.75. The lowest BCUT2D eigenvalue weighted by molar-refractivity contribution is 0.628. The lowest BCUT2D eigenvalue weighted by Crippen LogP contribution is -2.28. The van der Waals surface area contributed by atoms with Crippen molar-refractivity contribution in [3.05, 3.63) is 85.9 Å². The number of rotatable bonds is 2. The lowest BCUT2D eigenvalue weighted by Gasteiger charge is -2.13. The molecule has 1 N–H and O–H groups in total. The summed E-state index contributed by atoms with van der Waals surface area (Å²) in [5, 5.41) is 0.575. The second-order valence-electron chi connectivity index (χ2n) is 7.01. The Kier molecular flexibility index (Phi) is 3.94. The minimum Gasteiger partial charge on any atom is -0.279 e. The van der Waals surface area contributed by atoms with E-state index in [1.807, 2.05) is 23.6 Å². The van der Waals surface area contributed by atoms with Crippen molar-refractivity contribution in [1.82, 2.24) is 23.5 Å². The summed E-state index contributed by atoms with van der Waals surface area (Å²) in [6, 6.07) is 11.5. The predicted molar refractivity (Wildman–Crippen MR) is 113 cm³/mol. The van der Waals surface area contributed by atoms with Crippen LogP contribution in [0.1, 0.15) is 5.56 Å². The molecule has 0 spiro atoms. The van der Waals surface area contributed by atoms with Gasteiger partial charge in [-0.25, -0.2) is 9.18 Å². The highest BCUT2D eigenvalue weighted by Gasteiger charge is 2.21. The van der Waals surface area contributed by atoms with E-state index < -0.39 is 11.2 Å². The summed E-state index contributed by atoms with van der Waals surface area (Å²) in [5.41, 5.74) is 2.42. The normalized spacial score (nSPS) is 11.6. The fourth-order valence-electron chi connectivity index (χ4n) is 3.66. The molecule has 0 atom stereocenters. The number of aryl methyl sites for hydroxylation is 1. The van der Waals surface area contributed by atoms with Gasteiger partial charge in [0.05, 0.1) is 11.4 Å². The summed E-state index contributed by atoms with van der Waals surface area (Å²) in [7, 11) is 1.54. The smallest absolute Gasteiger partial charge is 0.279 e. The molecule has 0 unspecified atom stereocenters. The van der Waals surface area contributed by atoms with E-state index >= 15 is 0 Å². The summed E-state index contributed by atoms with van der Waals surface area (Å²) in [6.45, 7) is 1.88. The molecule has 0 saturated heterocycles. The lowest BCUT2D eigenvalue weighted by atomic mass is 10.1. The molecule has 5 rings (SSSR count). The molecule has 2 aromatic carbocycles. The minimum atomic E-state index is -0.544. The van der Waals surface area contributed by atoms with Gasteiger partial charge in [-0.15, -0.1) is 0 Å². The highest BCUT2D eigenvalue weighted by Crippen LogP contribution is 2.32. The molecule has 7 nitrogen and oxygen atoms in total. The van der Waals surface area contributed by atoms with Crippen LogP contribution in [0.3, 0.4) is 0 Å². The molecule has 0 fully saturated rings. The monoisotopic (exact) mass is 423 g/mol. The van der Waals surface area contributed by atoms with Gasteiger partial charge >= 0.3 is 5.69 Å². The largest absolute Gasteiger partial charge is 0.329 e. The second-order valence-corrected chi connectivity index (χ2v) is 7.42. The van der Waals surface area contributed by atoms with Crippen molar-refractivity contribution in [3.8, 4) is 16.9 Å². The van der Waals surface area contributed by atoms with Crippen LogP contribution in [0.4, 0.5) is 4.39 Å². The van der Waals surface area contributed by atoms with E-state index in [4.69, 9.17) is 11.6 Å². The molecule has 0 aliphatic heterocycles. The molecule has 0 radical (unpaired) electrons. The number of hydrogen-bond donors (Lipinski definition) is 1. The zero-order valence-electron chi connectivity index (χ0n) is 16.0. The van der Waals surface area contributed by atoms with Crippen molar-refractivity contribution >= 4 is 28.5 Å². The van der Waals surface area contributed by atoms with Gasteiger partial charge in [0.15, 0.2) is 11.2 Å². The fraction of sp³-hybridized carbons (Fsp3) is 0.0952. The molecule has 0 bridgehead atoms. The van der Waals surface area contributed by atoms with E-state index in [1.165, 1.54) is 16.7 Å². The van der Waals surface area contributed by atoms with Crippen LogP contribution >= 0.6 is 11.6 Å². The van der Waals surface area contributed by atoms with Gasteiger partial charge in [-0.05, 0) is 48.9 Å². The summed E-state index contributed by atoms with van der Waals surface area (Å²) in [5.74, 6) is 0.0823. The van der Waals surface area contributed by atoms with Crippen LogP contribution in [0, 0.1) is 12.7 Å². The zero-order valence-corrected chi connectivity index (χ0v) is 16.7. The molecule has 0 saturated carbocycles. The number of aromatic nitrogens is 5. The molecule has 5 aromatic rings. The third-order valence-corrected chi connectivity index (χ3v) is 5.65.